The van der Waals surface area contributed by atoms with Crippen molar-refractivity contribution in [1.82, 2.24) is 9.88 Å². The molecule has 0 unspecified atom stereocenters. The molecule has 0 spiro atoms. The molecule has 166 valence electrons. The van der Waals surface area contributed by atoms with Crippen molar-refractivity contribution >= 4 is 29.3 Å². The molecular formula is C25H26N2O4S. The molecule has 0 aliphatic carbocycles. The summed E-state index contributed by atoms with van der Waals surface area (Å²) in [5.41, 5.74) is 2.73. The predicted molar refractivity (Wildman–Crippen MR) is 125 cm³/mol. The Kier molecular flexibility index (Phi) is 8.57. The van der Waals surface area contributed by atoms with Gasteiger partial charge in [-0.05, 0) is 36.3 Å². The lowest BCUT2D eigenvalue weighted by Gasteiger charge is -2.21. The van der Waals surface area contributed by atoms with Crippen LogP contribution in [0.2, 0.25) is 0 Å². The van der Waals surface area contributed by atoms with Gasteiger partial charge in [-0.1, -0.05) is 42.5 Å². The molecule has 0 aliphatic rings. The minimum Gasteiger partial charge on any atom is -0.487 e. The maximum atomic E-state index is 12.9. The highest BCUT2D eigenvalue weighted by Gasteiger charge is 2.14. The van der Waals surface area contributed by atoms with Crippen LogP contribution in [0.25, 0.3) is 6.08 Å². The van der Waals surface area contributed by atoms with Crippen LogP contribution in [0, 0.1) is 6.92 Å². The van der Waals surface area contributed by atoms with Gasteiger partial charge in [0, 0.05) is 24.5 Å². The summed E-state index contributed by atoms with van der Waals surface area (Å²) in [7, 11) is 1.34. The van der Waals surface area contributed by atoms with Crippen LogP contribution in [-0.4, -0.2) is 35.4 Å². The van der Waals surface area contributed by atoms with E-state index in [0.717, 1.165) is 21.8 Å². The first-order chi connectivity index (χ1) is 15.5. The van der Waals surface area contributed by atoms with E-state index in [1.54, 1.807) is 22.3 Å². The number of benzene rings is 2. The van der Waals surface area contributed by atoms with E-state index in [-0.39, 0.29) is 24.8 Å². The van der Waals surface area contributed by atoms with Crippen LogP contribution in [0.1, 0.15) is 28.2 Å². The fourth-order valence-electron chi connectivity index (χ4n) is 3.01. The zero-order valence-electron chi connectivity index (χ0n) is 18.2. The van der Waals surface area contributed by atoms with Crippen molar-refractivity contribution in [3.8, 4) is 5.75 Å². The summed E-state index contributed by atoms with van der Waals surface area (Å²) < 4.78 is 10.5. The average molecular weight is 451 g/mol. The molecule has 32 heavy (non-hydrogen) atoms. The minimum atomic E-state index is -0.347. The van der Waals surface area contributed by atoms with Gasteiger partial charge in [0.2, 0.25) is 5.91 Å². The molecule has 7 heteroatoms. The molecule has 6 nitrogen and oxygen atoms in total. The van der Waals surface area contributed by atoms with Gasteiger partial charge in [0.1, 0.15) is 12.4 Å². The Morgan fingerprint density at radius 2 is 1.94 bits per heavy atom. The van der Waals surface area contributed by atoms with Gasteiger partial charge in [0.15, 0.2) is 0 Å². The number of thiazole rings is 1. The van der Waals surface area contributed by atoms with Gasteiger partial charge < -0.3 is 14.4 Å². The number of hydrogen-bond acceptors (Lipinski definition) is 6. The molecule has 0 atom stereocenters. The fourth-order valence-corrected chi connectivity index (χ4v) is 3.61. The van der Waals surface area contributed by atoms with Crippen molar-refractivity contribution in [2.45, 2.75) is 26.5 Å². The Morgan fingerprint density at radius 3 is 2.66 bits per heavy atom. The van der Waals surface area contributed by atoms with E-state index >= 15 is 0 Å². The Balaban J connectivity index is 1.64. The van der Waals surface area contributed by atoms with Gasteiger partial charge in [-0.15, -0.1) is 11.3 Å². The second-order valence-corrected chi connectivity index (χ2v) is 8.19. The van der Waals surface area contributed by atoms with E-state index in [0.29, 0.717) is 18.9 Å². The molecule has 0 fully saturated rings. The lowest BCUT2D eigenvalue weighted by molar-refractivity contribution is -0.141. The van der Waals surface area contributed by atoms with Crippen LogP contribution in [0.15, 0.2) is 66.1 Å². The molecule has 3 rings (SSSR count). The molecule has 1 amide bonds. The minimum absolute atomic E-state index is 0.141. The topological polar surface area (TPSA) is 68.7 Å². The average Bonchev–Trinajstić information content (AvgIpc) is 3.24. The highest BCUT2D eigenvalue weighted by molar-refractivity contribution is 7.09. The summed E-state index contributed by atoms with van der Waals surface area (Å²) in [4.78, 5) is 30.5. The maximum absolute atomic E-state index is 12.9. The van der Waals surface area contributed by atoms with Crippen molar-refractivity contribution in [3.05, 3.63) is 87.9 Å². The number of methoxy groups -OCH3 is 1. The van der Waals surface area contributed by atoms with Crippen LogP contribution in [0.5, 0.6) is 5.75 Å². The number of ether oxygens (including phenoxy) is 2. The maximum Gasteiger partial charge on any atom is 0.307 e. The summed E-state index contributed by atoms with van der Waals surface area (Å²) in [6.45, 7) is 3.05. The third kappa shape index (κ3) is 7.35. The SMILES string of the molecule is COC(=O)CCN(Cc1ccccc1)C(=O)/C=C/c1cccc(OCc2csc(C)n2)c1. The van der Waals surface area contributed by atoms with Crippen molar-refractivity contribution < 1.29 is 19.1 Å². The van der Waals surface area contributed by atoms with E-state index < -0.39 is 0 Å². The Bertz CT molecular complexity index is 1060. The first kappa shape index (κ1) is 23.2. The van der Waals surface area contributed by atoms with Crippen LogP contribution in [0.3, 0.4) is 0 Å². The van der Waals surface area contributed by atoms with Gasteiger partial charge >= 0.3 is 5.97 Å². The molecule has 0 aliphatic heterocycles. The molecular weight excluding hydrogens is 424 g/mol. The van der Waals surface area contributed by atoms with Gasteiger partial charge in [-0.25, -0.2) is 4.98 Å². The number of aryl methyl sites for hydroxylation is 1. The number of nitrogens with zero attached hydrogens (tertiary/aromatic N) is 2. The largest absolute Gasteiger partial charge is 0.487 e. The zero-order valence-corrected chi connectivity index (χ0v) is 19.0. The summed E-state index contributed by atoms with van der Waals surface area (Å²) >= 11 is 1.59. The van der Waals surface area contributed by atoms with Crippen LogP contribution >= 0.6 is 11.3 Å². The van der Waals surface area contributed by atoms with Crippen molar-refractivity contribution in [2.75, 3.05) is 13.7 Å². The Hall–Kier alpha value is -3.45. The number of rotatable bonds is 10. The Morgan fingerprint density at radius 1 is 1.12 bits per heavy atom. The fraction of sp³-hybridized carbons (Fsp3) is 0.240. The van der Waals surface area contributed by atoms with E-state index in [1.807, 2.05) is 66.9 Å². The monoisotopic (exact) mass is 450 g/mol. The number of carbonyl (C=O) groups excluding carboxylic acids is 2. The molecule has 1 aromatic heterocycles. The number of esters is 1. The predicted octanol–water partition coefficient (Wildman–Crippen LogP) is 4.64. The molecule has 0 saturated carbocycles. The highest BCUT2D eigenvalue weighted by Crippen LogP contribution is 2.17. The number of hydrogen-bond donors (Lipinski definition) is 0. The van der Waals surface area contributed by atoms with E-state index in [2.05, 4.69) is 4.98 Å². The second kappa shape index (κ2) is 11.8. The van der Waals surface area contributed by atoms with Crippen molar-refractivity contribution in [2.24, 2.45) is 0 Å². The van der Waals surface area contributed by atoms with Gasteiger partial charge in [-0.2, -0.15) is 0 Å². The zero-order chi connectivity index (χ0) is 22.8. The van der Waals surface area contributed by atoms with Crippen LogP contribution in [-0.2, 0) is 27.5 Å². The van der Waals surface area contributed by atoms with E-state index in [1.165, 1.54) is 13.2 Å². The Labute approximate surface area is 192 Å². The lowest BCUT2D eigenvalue weighted by Crippen LogP contribution is -2.31. The summed E-state index contributed by atoms with van der Waals surface area (Å²) in [6.07, 6.45) is 3.41. The number of carbonyl (C=O) groups is 2. The molecule has 0 N–H and O–H groups in total. The quantitative estimate of drug-likeness (QED) is 0.333. The van der Waals surface area contributed by atoms with Crippen LogP contribution < -0.4 is 4.74 Å². The molecule has 2 aromatic carbocycles. The van der Waals surface area contributed by atoms with Gasteiger partial charge in [0.25, 0.3) is 0 Å². The first-order valence-corrected chi connectivity index (χ1v) is 11.1. The van der Waals surface area contributed by atoms with Crippen molar-refractivity contribution in [3.63, 3.8) is 0 Å². The third-order valence-corrected chi connectivity index (χ3v) is 5.49. The van der Waals surface area contributed by atoms with Gasteiger partial charge in [-0.3, -0.25) is 9.59 Å². The van der Waals surface area contributed by atoms with Crippen molar-refractivity contribution in [1.29, 1.82) is 0 Å². The molecule has 0 saturated heterocycles. The second-order valence-electron chi connectivity index (χ2n) is 7.12. The smallest absolute Gasteiger partial charge is 0.307 e. The molecule has 3 aromatic rings. The standard InChI is InChI=1S/C25H26N2O4S/c1-19-26-22(18-32-19)17-31-23-10-6-9-20(15-23)11-12-24(28)27(14-13-25(29)30-2)16-21-7-4-3-5-8-21/h3-12,15,18H,13-14,16-17H2,1-2H3/b12-11+. The molecule has 0 radical (unpaired) electrons. The number of amides is 1. The summed E-state index contributed by atoms with van der Waals surface area (Å²) in [5, 5.41) is 2.99. The molecule has 1 heterocycles. The summed E-state index contributed by atoms with van der Waals surface area (Å²) in [5.74, 6) is 0.180. The van der Waals surface area contributed by atoms with Gasteiger partial charge in [0.05, 0.1) is 24.2 Å². The van der Waals surface area contributed by atoms with E-state index in [9.17, 15) is 9.59 Å². The third-order valence-electron chi connectivity index (χ3n) is 4.67. The summed E-state index contributed by atoms with van der Waals surface area (Å²) in [6, 6.07) is 17.2. The highest BCUT2D eigenvalue weighted by atomic mass is 32.1. The normalized spacial score (nSPS) is 10.8. The van der Waals surface area contributed by atoms with Crippen LogP contribution in [0.4, 0.5) is 0 Å². The first-order valence-electron chi connectivity index (χ1n) is 10.2. The number of aromatic nitrogens is 1. The lowest BCUT2D eigenvalue weighted by atomic mass is 10.2. The van der Waals surface area contributed by atoms with E-state index in [4.69, 9.17) is 9.47 Å². The molecule has 0 bridgehead atoms.